The van der Waals surface area contributed by atoms with Crippen molar-refractivity contribution >= 4 is 0 Å². The van der Waals surface area contributed by atoms with Crippen LogP contribution in [0.3, 0.4) is 0 Å². The Morgan fingerprint density at radius 2 is 1.86 bits per heavy atom. The summed E-state index contributed by atoms with van der Waals surface area (Å²) in [6.45, 7) is 5.68. The van der Waals surface area contributed by atoms with E-state index in [1.54, 1.807) is 0 Å². The van der Waals surface area contributed by atoms with E-state index in [0.717, 1.165) is 24.3 Å². The largest absolute Gasteiger partial charge is 0.310 e. The van der Waals surface area contributed by atoms with Crippen LogP contribution in [0.2, 0.25) is 0 Å². The van der Waals surface area contributed by atoms with Crippen LogP contribution in [0.1, 0.15) is 69.5 Å². The Hall–Kier alpha value is -0.820. The van der Waals surface area contributed by atoms with Crippen molar-refractivity contribution in [2.75, 3.05) is 6.54 Å². The van der Waals surface area contributed by atoms with E-state index in [1.165, 1.54) is 56.1 Å². The van der Waals surface area contributed by atoms with Gasteiger partial charge in [0.2, 0.25) is 0 Å². The van der Waals surface area contributed by atoms with Gasteiger partial charge in [-0.15, -0.1) is 0 Å². The van der Waals surface area contributed by atoms with Gasteiger partial charge in [-0.05, 0) is 67.5 Å². The molecule has 2 aliphatic rings. The van der Waals surface area contributed by atoms with Gasteiger partial charge in [-0.1, -0.05) is 51.0 Å². The minimum Gasteiger partial charge on any atom is -0.310 e. The number of nitrogens with one attached hydrogen (secondary N) is 1. The Kier molecular flexibility index (Phi) is 5.00. The van der Waals surface area contributed by atoms with E-state index in [-0.39, 0.29) is 0 Å². The highest BCUT2D eigenvalue weighted by Gasteiger charge is 2.43. The molecule has 2 saturated carbocycles. The first kappa shape index (κ1) is 15.1. The molecule has 0 radical (unpaired) electrons. The molecule has 0 saturated heterocycles. The molecule has 1 aromatic carbocycles. The van der Waals surface area contributed by atoms with E-state index in [9.17, 15) is 0 Å². The molecule has 3 rings (SSSR count). The highest BCUT2D eigenvalue weighted by atomic mass is 14.9. The Morgan fingerprint density at radius 1 is 1.05 bits per heavy atom. The summed E-state index contributed by atoms with van der Waals surface area (Å²) >= 11 is 0. The number of benzene rings is 1. The second-order valence-corrected chi connectivity index (χ2v) is 7.26. The molecule has 4 unspecified atom stereocenters. The fourth-order valence-corrected chi connectivity index (χ4v) is 4.70. The SMILES string of the molecule is CCCNC(c1ccc(CCC)cc1)C1CC2CCC1C2. The zero-order chi connectivity index (χ0) is 14.7. The molecule has 116 valence electrons. The van der Waals surface area contributed by atoms with Crippen molar-refractivity contribution < 1.29 is 0 Å². The maximum Gasteiger partial charge on any atom is 0.0351 e. The third-order valence-corrected chi connectivity index (χ3v) is 5.71. The zero-order valence-corrected chi connectivity index (χ0v) is 13.8. The lowest BCUT2D eigenvalue weighted by Crippen LogP contribution is -2.32. The van der Waals surface area contributed by atoms with Gasteiger partial charge in [0.05, 0.1) is 0 Å². The van der Waals surface area contributed by atoms with Gasteiger partial charge in [0.25, 0.3) is 0 Å². The van der Waals surface area contributed by atoms with Crippen molar-refractivity contribution in [1.82, 2.24) is 5.32 Å². The molecule has 1 aromatic rings. The number of rotatable bonds is 7. The molecule has 2 fully saturated rings. The lowest BCUT2D eigenvalue weighted by atomic mass is 9.80. The average molecular weight is 285 g/mol. The highest BCUT2D eigenvalue weighted by molar-refractivity contribution is 5.26. The molecule has 0 heterocycles. The number of hydrogen-bond acceptors (Lipinski definition) is 1. The average Bonchev–Trinajstić information content (AvgIpc) is 3.12. The van der Waals surface area contributed by atoms with Gasteiger partial charge in [0.15, 0.2) is 0 Å². The minimum atomic E-state index is 0.593. The molecule has 1 nitrogen and oxygen atoms in total. The number of hydrogen-bond donors (Lipinski definition) is 1. The molecule has 2 aliphatic carbocycles. The van der Waals surface area contributed by atoms with Crippen molar-refractivity contribution in [2.24, 2.45) is 17.8 Å². The third kappa shape index (κ3) is 3.34. The summed E-state index contributed by atoms with van der Waals surface area (Å²) in [5.41, 5.74) is 3.02. The van der Waals surface area contributed by atoms with Crippen LogP contribution in [-0.4, -0.2) is 6.54 Å². The first-order valence-corrected chi connectivity index (χ1v) is 9.14. The van der Waals surface area contributed by atoms with Gasteiger partial charge in [0, 0.05) is 6.04 Å². The second kappa shape index (κ2) is 6.96. The normalized spacial score (nSPS) is 29.0. The van der Waals surface area contributed by atoms with Gasteiger partial charge < -0.3 is 5.32 Å². The molecule has 0 aromatic heterocycles. The van der Waals surface area contributed by atoms with E-state index >= 15 is 0 Å². The van der Waals surface area contributed by atoms with Crippen molar-refractivity contribution in [3.05, 3.63) is 35.4 Å². The van der Waals surface area contributed by atoms with Crippen molar-refractivity contribution in [3.8, 4) is 0 Å². The summed E-state index contributed by atoms with van der Waals surface area (Å²) in [6, 6.07) is 10.1. The third-order valence-electron chi connectivity index (χ3n) is 5.71. The summed E-state index contributed by atoms with van der Waals surface area (Å²) in [5.74, 6) is 2.90. The first-order valence-electron chi connectivity index (χ1n) is 9.14. The van der Waals surface area contributed by atoms with Crippen LogP contribution in [0.5, 0.6) is 0 Å². The fourth-order valence-electron chi connectivity index (χ4n) is 4.70. The number of fused-ring (bicyclic) bond motifs is 2. The maximum atomic E-state index is 3.86. The zero-order valence-electron chi connectivity index (χ0n) is 13.8. The van der Waals surface area contributed by atoms with Gasteiger partial charge in [-0.3, -0.25) is 0 Å². The predicted octanol–water partition coefficient (Wildman–Crippen LogP) is 5.12. The molecule has 0 spiro atoms. The lowest BCUT2D eigenvalue weighted by Gasteiger charge is -2.32. The molecular weight excluding hydrogens is 254 g/mol. The molecule has 4 atom stereocenters. The molecule has 21 heavy (non-hydrogen) atoms. The summed E-state index contributed by atoms with van der Waals surface area (Å²) in [6.07, 6.45) is 9.62. The summed E-state index contributed by atoms with van der Waals surface area (Å²) < 4.78 is 0. The summed E-state index contributed by atoms with van der Waals surface area (Å²) in [7, 11) is 0. The topological polar surface area (TPSA) is 12.0 Å². The van der Waals surface area contributed by atoms with Crippen molar-refractivity contribution in [1.29, 1.82) is 0 Å². The van der Waals surface area contributed by atoms with Crippen LogP contribution < -0.4 is 5.32 Å². The van der Waals surface area contributed by atoms with Crippen LogP contribution in [0.25, 0.3) is 0 Å². The standard InChI is InChI=1S/C20H31N/c1-3-5-15-6-9-17(10-7-15)20(21-12-4-2)19-14-16-8-11-18(19)13-16/h6-7,9-10,16,18-21H,3-5,8,11-14H2,1-2H3. The molecule has 0 amide bonds. The molecule has 2 bridgehead atoms. The van der Waals surface area contributed by atoms with Gasteiger partial charge in [0.1, 0.15) is 0 Å². The van der Waals surface area contributed by atoms with E-state index in [4.69, 9.17) is 0 Å². The Morgan fingerprint density at radius 3 is 2.43 bits per heavy atom. The lowest BCUT2D eigenvalue weighted by molar-refractivity contribution is 0.251. The fraction of sp³-hybridized carbons (Fsp3) is 0.700. The van der Waals surface area contributed by atoms with E-state index in [1.807, 2.05) is 0 Å². The van der Waals surface area contributed by atoms with Crippen molar-refractivity contribution in [3.63, 3.8) is 0 Å². The molecule has 1 heteroatoms. The second-order valence-electron chi connectivity index (χ2n) is 7.26. The maximum absolute atomic E-state index is 3.86. The van der Waals surface area contributed by atoms with Crippen LogP contribution in [-0.2, 0) is 6.42 Å². The van der Waals surface area contributed by atoms with Crippen molar-refractivity contribution in [2.45, 2.75) is 64.8 Å². The van der Waals surface area contributed by atoms with E-state index in [2.05, 4.69) is 43.4 Å². The van der Waals surface area contributed by atoms with Gasteiger partial charge >= 0.3 is 0 Å². The quantitative estimate of drug-likeness (QED) is 0.733. The van der Waals surface area contributed by atoms with Crippen LogP contribution >= 0.6 is 0 Å². The van der Waals surface area contributed by atoms with Crippen LogP contribution in [0.4, 0.5) is 0 Å². The summed E-state index contributed by atoms with van der Waals surface area (Å²) in [4.78, 5) is 0. The first-order chi connectivity index (χ1) is 10.3. The van der Waals surface area contributed by atoms with Crippen LogP contribution in [0, 0.1) is 17.8 Å². The molecule has 1 N–H and O–H groups in total. The van der Waals surface area contributed by atoms with Gasteiger partial charge in [-0.2, -0.15) is 0 Å². The van der Waals surface area contributed by atoms with Crippen LogP contribution in [0.15, 0.2) is 24.3 Å². The Balaban J connectivity index is 1.75. The molecular formula is C20H31N. The molecule has 0 aliphatic heterocycles. The smallest absolute Gasteiger partial charge is 0.0351 e. The highest BCUT2D eigenvalue weighted by Crippen LogP contribution is 2.52. The predicted molar refractivity (Wildman–Crippen MR) is 90.4 cm³/mol. The summed E-state index contributed by atoms with van der Waals surface area (Å²) in [5, 5.41) is 3.86. The number of aryl methyl sites for hydroxylation is 1. The Labute approximate surface area is 130 Å². The van der Waals surface area contributed by atoms with E-state index < -0.39 is 0 Å². The Bertz CT molecular complexity index is 436. The minimum absolute atomic E-state index is 0.593. The van der Waals surface area contributed by atoms with E-state index in [0.29, 0.717) is 6.04 Å². The van der Waals surface area contributed by atoms with Gasteiger partial charge in [-0.25, -0.2) is 0 Å². The monoisotopic (exact) mass is 285 g/mol.